The Hall–Kier alpha value is -0.607. The summed E-state index contributed by atoms with van der Waals surface area (Å²) in [6.45, 7) is 4.06. The first kappa shape index (κ1) is 12.5. The largest absolute Gasteiger partial charge is 1.00 e. The van der Waals surface area contributed by atoms with Crippen molar-refractivity contribution in [2.45, 2.75) is 13.8 Å². The summed E-state index contributed by atoms with van der Waals surface area (Å²) < 4.78 is 7.97. The van der Waals surface area contributed by atoms with Crippen LogP contribution in [0.4, 0.5) is 0 Å². The van der Waals surface area contributed by atoms with Crippen LogP contribution >= 0.6 is 11.5 Å². The Balaban J connectivity index is 0.00000112. The topological polar surface area (TPSA) is 34.6 Å². The number of rotatable bonds is 1. The van der Waals surface area contributed by atoms with E-state index in [1.807, 2.05) is 32.5 Å². The molecule has 0 fully saturated rings. The Morgan fingerprint density at radius 2 is 2.07 bits per heavy atom. The summed E-state index contributed by atoms with van der Waals surface area (Å²) in [5.41, 5.74) is 2.04. The molecule has 0 aromatic carbocycles. The van der Waals surface area contributed by atoms with Gasteiger partial charge in [-0.15, -0.1) is 5.10 Å². The normalized spacial score (nSPS) is 10.1. The maximum atomic E-state index is 4.13. The molecule has 2 rings (SSSR count). The Morgan fingerprint density at radius 1 is 1.40 bits per heavy atom. The molecule has 0 aliphatic heterocycles. The van der Waals surface area contributed by atoms with Crippen LogP contribution in [0.3, 0.4) is 0 Å². The van der Waals surface area contributed by atoms with Gasteiger partial charge in [0.2, 0.25) is 0 Å². The first-order chi connectivity index (χ1) is 6.61. The molecule has 0 atom stereocenters. The number of hydrogen-bond acceptors (Lipinski definition) is 3. The van der Waals surface area contributed by atoms with Gasteiger partial charge in [0.25, 0.3) is 0 Å². The monoisotopic (exact) mass is 310 g/mol. The molecule has 0 unspecified atom stereocenters. The summed E-state index contributed by atoms with van der Waals surface area (Å²) in [6, 6.07) is 0. The second-order valence-electron chi connectivity index (χ2n) is 3.32. The average molecular weight is 309 g/mol. The standard InChI is InChI=1S/C9H12N4S.Ru/c1-6-5-12(3)9(13(6)4)8-7(2)14-11-10-8;/h1-4H3;/q;+1. The smallest absolute Gasteiger partial charge is 0.394 e. The number of aromatic nitrogens is 4. The summed E-state index contributed by atoms with van der Waals surface area (Å²) in [6.07, 6.45) is 3.21. The minimum atomic E-state index is 0. The third-order valence-electron chi connectivity index (χ3n) is 2.33. The number of hydrogen-bond donors (Lipinski definition) is 0. The van der Waals surface area contributed by atoms with E-state index in [-0.39, 0.29) is 19.5 Å². The minimum absolute atomic E-state index is 0. The molecule has 0 amide bonds. The Morgan fingerprint density at radius 3 is 2.47 bits per heavy atom. The second-order valence-corrected chi connectivity index (χ2v) is 4.27. The van der Waals surface area contributed by atoms with E-state index in [2.05, 4.69) is 20.4 Å². The van der Waals surface area contributed by atoms with E-state index in [0.717, 1.165) is 22.1 Å². The molecule has 0 spiro atoms. The molecule has 0 aliphatic rings. The molecule has 2 aromatic rings. The van der Waals surface area contributed by atoms with Gasteiger partial charge in [0, 0.05) is 17.6 Å². The Bertz CT molecular complexity index is 474. The van der Waals surface area contributed by atoms with Crippen molar-refractivity contribution in [1.29, 1.82) is 0 Å². The molecule has 0 aliphatic carbocycles. The predicted octanol–water partition coefficient (Wildman–Crippen LogP) is 0.783. The van der Waals surface area contributed by atoms with Crippen LogP contribution in [0.1, 0.15) is 10.6 Å². The third-order valence-corrected chi connectivity index (χ3v) is 2.96. The van der Waals surface area contributed by atoms with Crippen LogP contribution in [-0.4, -0.2) is 14.2 Å². The molecule has 0 saturated carbocycles. The first-order valence-corrected chi connectivity index (χ1v) is 5.12. The minimum Gasteiger partial charge on any atom is -0.394 e. The summed E-state index contributed by atoms with van der Waals surface area (Å²) in [7, 11) is 3.99. The molecule has 81 valence electrons. The van der Waals surface area contributed by atoms with Crippen LogP contribution in [0.15, 0.2) is 0 Å². The third kappa shape index (κ3) is 2.01. The van der Waals surface area contributed by atoms with Crippen LogP contribution in [0.25, 0.3) is 11.5 Å². The van der Waals surface area contributed by atoms with Gasteiger partial charge in [0.15, 0.2) is 5.82 Å². The van der Waals surface area contributed by atoms with Gasteiger partial charge in [0.1, 0.15) is 5.69 Å². The number of aryl methyl sites for hydroxylation is 3. The zero-order chi connectivity index (χ0) is 10.3. The van der Waals surface area contributed by atoms with Gasteiger partial charge in [-0.25, -0.2) is 0 Å². The number of imidazole rings is 1. The fourth-order valence-corrected chi connectivity index (χ4v) is 1.97. The van der Waals surface area contributed by atoms with Gasteiger partial charge in [-0.2, -0.15) is 0 Å². The fraction of sp³-hybridized carbons (Fsp3) is 0.444. The van der Waals surface area contributed by atoms with Crippen LogP contribution in [-0.2, 0) is 33.6 Å². The van der Waals surface area contributed by atoms with Crippen LogP contribution in [0, 0.1) is 20.0 Å². The van der Waals surface area contributed by atoms with Crippen LogP contribution < -0.4 is 4.57 Å². The van der Waals surface area contributed by atoms with E-state index in [4.69, 9.17) is 0 Å². The van der Waals surface area contributed by atoms with Crippen molar-refractivity contribution in [1.82, 2.24) is 14.2 Å². The molecule has 0 bridgehead atoms. The summed E-state index contributed by atoms with van der Waals surface area (Å²) in [5.74, 6) is 1.05. The van der Waals surface area contributed by atoms with Gasteiger partial charge >= 0.3 is 19.5 Å². The maximum Gasteiger partial charge on any atom is 1.00 e. The van der Waals surface area contributed by atoms with Gasteiger partial charge in [0.05, 0.1) is 7.05 Å². The summed E-state index contributed by atoms with van der Waals surface area (Å²) in [4.78, 5) is 1.13. The summed E-state index contributed by atoms with van der Waals surface area (Å²) in [5, 5.41) is 4.13. The van der Waals surface area contributed by atoms with E-state index in [9.17, 15) is 0 Å². The molecule has 2 heterocycles. The molecule has 1 radical (unpaired) electrons. The van der Waals surface area contributed by atoms with E-state index in [1.165, 1.54) is 11.5 Å². The van der Waals surface area contributed by atoms with Gasteiger partial charge < -0.3 is 9.13 Å². The fourth-order valence-electron chi connectivity index (χ4n) is 1.51. The Labute approximate surface area is 106 Å². The van der Waals surface area contributed by atoms with E-state index in [1.54, 1.807) is 0 Å². The van der Waals surface area contributed by atoms with Crippen LogP contribution in [0.2, 0.25) is 0 Å². The summed E-state index contributed by atoms with van der Waals surface area (Å²) >= 11 is 1.42. The zero-order valence-electron chi connectivity index (χ0n) is 9.05. The van der Waals surface area contributed by atoms with Gasteiger partial charge in [-0.3, -0.25) is 0 Å². The van der Waals surface area contributed by atoms with Crippen molar-refractivity contribution < 1.29 is 24.0 Å². The molecule has 2 aromatic heterocycles. The van der Waals surface area contributed by atoms with Crippen molar-refractivity contribution in [2.75, 3.05) is 0 Å². The van der Waals surface area contributed by atoms with Crippen molar-refractivity contribution in [3.05, 3.63) is 16.8 Å². The van der Waals surface area contributed by atoms with Crippen LogP contribution in [0.5, 0.6) is 0 Å². The van der Waals surface area contributed by atoms with E-state index < -0.39 is 0 Å². The van der Waals surface area contributed by atoms with Crippen molar-refractivity contribution in [3.8, 4) is 11.5 Å². The SMILES string of the molecule is Cc1snnc1-c1n(C)c(C)[c-][n+]1C.[Ru+]. The quantitative estimate of drug-likeness (QED) is 0.443. The molecular weight excluding hydrogens is 297 g/mol. The second kappa shape index (κ2) is 4.49. The number of nitrogens with zero attached hydrogens (tertiary/aromatic N) is 4. The van der Waals surface area contributed by atoms with E-state index in [0.29, 0.717) is 0 Å². The molecule has 4 nitrogen and oxygen atoms in total. The molecule has 0 N–H and O–H groups in total. The van der Waals surface area contributed by atoms with Gasteiger partial charge in [-0.05, 0) is 31.6 Å². The molecule has 0 saturated heterocycles. The molecular formula is C9H12N4RuS+. The van der Waals surface area contributed by atoms with Crippen molar-refractivity contribution in [2.24, 2.45) is 14.1 Å². The zero-order valence-corrected chi connectivity index (χ0v) is 11.6. The van der Waals surface area contributed by atoms with Crippen molar-refractivity contribution >= 4 is 11.5 Å². The molecule has 6 heteroatoms. The Kier molecular flexibility index (Phi) is 3.73. The molecule has 15 heavy (non-hydrogen) atoms. The predicted molar refractivity (Wildman–Crippen MR) is 53.8 cm³/mol. The van der Waals surface area contributed by atoms with Gasteiger partial charge in [-0.1, -0.05) is 4.49 Å². The van der Waals surface area contributed by atoms with Crippen molar-refractivity contribution in [3.63, 3.8) is 0 Å². The average Bonchev–Trinajstić information content (AvgIpc) is 2.60. The maximum absolute atomic E-state index is 4.13. The van der Waals surface area contributed by atoms with E-state index >= 15 is 0 Å². The first-order valence-electron chi connectivity index (χ1n) is 4.35.